The summed E-state index contributed by atoms with van der Waals surface area (Å²) in [6, 6.07) is 5.95. The monoisotopic (exact) mass is 453 g/mol. The van der Waals surface area contributed by atoms with Crippen LogP contribution in [0, 0.1) is 5.92 Å². The van der Waals surface area contributed by atoms with E-state index in [1.54, 1.807) is 6.07 Å². The normalized spacial score (nSPS) is 24.5. The van der Waals surface area contributed by atoms with Crippen LogP contribution in [0.5, 0.6) is 0 Å². The Labute approximate surface area is 196 Å². The van der Waals surface area contributed by atoms with Crippen molar-refractivity contribution in [2.24, 2.45) is 5.92 Å². The molecule has 1 aromatic carbocycles. The summed E-state index contributed by atoms with van der Waals surface area (Å²) >= 11 is 0. The lowest BCUT2D eigenvalue weighted by Gasteiger charge is -2.38. The minimum absolute atomic E-state index is 0.0401. The van der Waals surface area contributed by atoms with Gasteiger partial charge in [0.25, 0.3) is 11.8 Å². The number of fused-ring (bicyclic) bond motifs is 1. The molecule has 7 heteroatoms. The second kappa shape index (κ2) is 9.45. The molecule has 3 amide bonds. The largest absolute Gasteiger partial charge is 0.376 e. The topological polar surface area (TPSA) is 70.2 Å². The van der Waals surface area contributed by atoms with Gasteiger partial charge in [-0.3, -0.25) is 19.3 Å². The summed E-state index contributed by atoms with van der Waals surface area (Å²) in [7, 11) is 1.97. The summed E-state index contributed by atoms with van der Waals surface area (Å²) in [5.41, 5.74) is 1.84. The number of rotatable bonds is 5. The van der Waals surface area contributed by atoms with Gasteiger partial charge in [0.1, 0.15) is 0 Å². The van der Waals surface area contributed by atoms with Crippen molar-refractivity contribution in [1.82, 2.24) is 9.80 Å². The van der Waals surface area contributed by atoms with Crippen LogP contribution in [0.2, 0.25) is 0 Å². The van der Waals surface area contributed by atoms with Gasteiger partial charge in [-0.05, 0) is 50.7 Å². The molecule has 178 valence electrons. The van der Waals surface area contributed by atoms with E-state index in [2.05, 4.69) is 4.90 Å². The molecule has 4 aliphatic rings. The Bertz CT molecular complexity index is 912. The molecule has 5 rings (SSSR count). The number of hydrogen-bond donors (Lipinski definition) is 0. The maximum absolute atomic E-state index is 13.3. The highest BCUT2D eigenvalue weighted by atomic mass is 16.5. The Kier molecular flexibility index (Phi) is 6.41. The molecule has 1 saturated carbocycles. The molecule has 1 atom stereocenters. The summed E-state index contributed by atoms with van der Waals surface area (Å²) in [5.74, 6) is -0.116. The molecule has 1 aromatic rings. The maximum Gasteiger partial charge on any atom is 0.263 e. The van der Waals surface area contributed by atoms with Crippen LogP contribution in [0.15, 0.2) is 18.2 Å². The van der Waals surface area contributed by atoms with E-state index in [9.17, 15) is 14.4 Å². The number of nitrogens with zero attached hydrogens (tertiary/aromatic N) is 3. The quantitative estimate of drug-likeness (QED) is 0.639. The summed E-state index contributed by atoms with van der Waals surface area (Å²) in [6.45, 7) is 2.47. The molecule has 0 radical (unpaired) electrons. The Morgan fingerprint density at radius 3 is 2.45 bits per heavy atom. The van der Waals surface area contributed by atoms with Crippen molar-refractivity contribution in [3.63, 3.8) is 0 Å². The third-order valence-corrected chi connectivity index (χ3v) is 8.04. The first-order valence-electron chi connectivity index (χ1n) is 12.7. The van der Waals surface area contributed by atoms with Crippen molar-refractivity contribution in [3.05, 3.63) is 29.3 Å². The zero-order chi connectivity index (χ0) is 22.9. The molecule has 0 N–H and O–H groups in total. The summed E-state index contributed by atoms with van der Waals surface area (Å²) in [6.07, 6.45) is 9.32. The van der Waals surface area contributed by atoms with Crippen LogP contribution in [0.4, 0.5) is 5.69 Å². The molecule has 0 bridgehead atoms. The fraction of sp³-hybridized carbons (Fsp3) is 0.654. The van der Waals surface area contributed by atoms with E-state index in [-0.39, 0.29) is 29.7 Å². The SMILES string of the molecule is CN(C(=O)C1CCN(c2cccc3c2C(=O)N(C[C@@H]2CCCO2)C3=O)CC1)C1CCCCC1. The molecule has 3 heterocycles. The minimum Gasteiger partial charge on any atom is -0.376 e. The van der Waals surface area contributed by atoms with Gasteiger partial charge in [0, 0.05) is 38.7 Å². The first kappa shape index (κ1) is 22.4. The lowest BCUT2D eigenvalue weighted by Crippen LogP contribution is -2.45. The number of piperidine rings is 1. The molecule has 1 aliphatic carbocycles. The second-order valence-corrected chi connectivity index (χ2v) is 10.1. The molecule has 3 aliphatic heterocycles. The smallest absolute Gasteiger partial charge is 0.263 e. The molecule has 2 saturated heterocycles. The molecular formula is C26H35N3O4. The van der Waals surface area contributed by atoms with Crippen LogP contribution in [0.3, 0.4) is 0 Å². The third kappa shape index (κ3) is 4.27. The molecule has 0 unspecified atom stereocenters. The summed E-state index contributed by atoms with van der Waals surface area (Å²) in [5, 5.41) is 0. The van der Waals surface area contributed by atoms with E-state index in [4.69, 9.17) is 4.74 Å². The molecular weight excluding hydrogens is 418 g/mol. The first-order valence-corrected chi connectivity index (χ1v) is 12.7. The molecule has 0 spiro atoms. The first-order chi connectivity index (χ1) is 16.0. The number of anilines is 1. The van der Waals surface area contributed by atoms with E-state index in [0.29, 0.717) is 30.3 Å². The number of benzene rings is 1. The van der Waals surface area contributed by atoms with E-state index in [1.807, 2.05) is 24.1 Å². The number of ether oxygens (including phenoxy) is 1. The van der Waals surface area contributed by atoms with E-state index in [1.165, 1.54) is 24.2 Å². The number of hydrogen-bond acceptors (Lipinski definition) is 5. The predicted octanol–water partition coefficient (Wildman–Crippen LogP) is 3.47. The standard InChI is InChI=1S/C26H35N3O4/c1-27(19-7-3-2-4-8-19)24(30)18-12-14-28(15-13-18)22-11-5-10-21-23(22)26(32)29(25(21)31)17-20-9-6-16-33-20/h5,10-11,18-20H,2-4,6-9,12-17H2,1H3/t20-/m0/s1. The van der Waals surface area contributed by atoms with Gasteiger partial charge in [-0.2, -0.15) is 0 Å². The highest BCUT2D eigenvalue weighted by molar-refractivity contribution is 6.23. The van der Waals surface area contributed by atoms with E-state index >= 15 is 0 Å². The highest BCUT2D eigenvalue weighted by Crippen LogP contribution is 2.35. The van der Waals surface area contributed by atoms with Gasteiger partial charge < -0.3 is 14.5 Å². The highest BCUT2D eigenvalue weighted by Gasteiger charge is 2.40. The number of amides is 3. The van der Waals surface area contributed by atoms with Crippen LogP contribution in [-0.2, 0) is 9.53 Å². The van der Waals surface area contributed by atoms with E-state index in [0.717, 1.165) is 57.3 Å². The van der Waals surface area contributed by atoms with Gasteiger partial charge in [-0.25, -0.2) is 0 Å². The molecule has 33 heavy (non-hydrogen) atoms. The summed E-state index contributed by atoms with van der Waals surface area (Å²) in [4.78, 5) is 44.9. The van der Waals surface area contributed by atoms with Gasteiger partial charge in [0.15, 0.2) is 0 Å². The Hall–Kier alpha value is -2.41. The minimum atomic E-state index is -0.216. The van der Waals surface area contributed by atoms with Gasteiger partial charge in [-0.1, -0.05) is 25.3 Å². The second-order valence-electron chi connectivity index (χ2n) is 10.1. The van der Waals surface area contributed by atoms with Crippen LogP contribution in [-0.4, -0.2) is 73.0 Å². The van der Waals surface area contributed by atoms with Gasteiger partial charge in [0.2, 0.25) is 5.91 Å². The van der Waals surface area contributed by atoms with Gasteiger partial charge in [0.05, 0.1) is 29.5 Å². The van der Waals surface area contributed by atoms with Crippen molar-refractivity contribution in [3.8, 4) is 0 Å². The van der Waals surface area contributed by atoms with Crippen LogP contribution in [0.1, 0.15) is 78.5 Å². The lowest BCUT2D eigenvalue weighted by molar-refractivity contribution is -0.137. The van der Waals surface area contributed by atoms with Crippen molar-refractivity contribution in [1.29, 1.82) is 0 Å². The predicted molar refractivity (Wildman–Crippen MR) is 125 cm³/mol. The van der Waals surface area contributed by atoms with Crippen molar-refractivity contribution >= 4 is 23.4 Å². The van der Waals surface area contributed by atoms with Crippen molar-refractivity contribution < 1.29 is 19.1 Å². The Morgan fingerprint density at radius 1 is 1.00 bits per heavy atom. The molecule has 3 fully saturated rings. The molecule has 7 nitrogen and oxygen atoms in total. The van der Waals surface area contributed by atoms with Gasteiger partial charge in [-0.15, -0.1) is 0 Å². The maximum atomic E-state index is 13.3. The average molecular weight is 454 g/mol. The Balaban J connectivity index is 1.25. The fourth-order valence-electron chi connectivity index (χ4n) is 6.04. The van der Waals surface area contributed by atoms with Crippen molar-refractivity contribution in [2.75, 3.05) is 38.2 Å². The zero-order valence-electron chi connectivity index (χ0n) is 19.6. The van der Waals surface area contributed by atoms with Crippen molar-refractivity contribution in [2.45, 2.75) is 69.9 Å². The zero-order valence-corrected chi connectivity index (χ0v) is 19.6. The lowest BCUT2D eigenvalue weighted by atomic mass is 9.90. The third-order valence-electron chi connectivity index (χ3n) is 8.04. The fourth-order valence-corrected chi connectivity index (χ4v) is 6.04. The van der Waals surface area contributed by atoms with E-state index < -0.39 is 0 Å². The number of carbonyl (C=O) groups is 3. The molecule has 0 aromatic heterocycles. The average Bonchev–Trinajstić information content (AvgIpc) is 3.47. The van der Waals surface area contributed by atoms with Crippen LogP contribution in [0.25, 0.3) is 0 Å². The van der Waals surface area contributed by atoms with Gasteiger partial charge >= 0.3 is 0 Å². The van der Waals surface area contributed by atoms with Crippen LogP contribution < -0.4 is 4.90 Å². The van der Waals surface area contributed by atoms with Crippen LogP contribution >= 0.6 is 0 Å². The Morgan fingerprint density at radius 2 is 1.76 bits per heavy atom. The number of imide groups is 1. The number of carbonyl (C=O) groups excluding carboxylic acids is 3. The summed E-state index contributed by atoms with van der Waals surface area (Å²) < 4.78 is 5.66.